The summed E-state index contributed by atoms with van der Waals surface area (Å²) in [5.41, 5.74) is 6.60. The summed E-state index contributed by atoms with van der Waals surface area (Å²) in [6.45, 7) is 0.703. The minimum absolute atomic E-state index is 0.170. The van der Waals surface area contributed by atoms with Crippen molar-refractivity contribution in [2.24, 2.45) is 5.92 Å². The summed E-state index contributed by atoms with van der Waals surface area (Å²) in [6, 6.07) is 5.12. The molecule has 0 radical (unpaired) electrons. The Balaban J connectivity index is 1.87. The summed E-state index contributed by atoms with van der Waals surface area (Å²) in [4.78, 5) is 12.0. The number of carbonyl (C=O) groups excluding carboxylic acids is 1. The van der Waals surface area contributed by atoms with Gasteiger partial charge in [-0.15, -0.1) is 0 Å². The molecule has 3 N–H and O–H groups in total. The Morgan fingerprint density at radius 2 is 2.11 bits per heavy atom. The summed E-state index contributed by atoms with van der Waals surface area (Å²) in [6.07, 6.45) is 6.30. The highest BCUT2D eigenvalue weighted by Crippen LogP contribution is 2.27. The van der Waals surface area contributed by atoms with Crippen molar-refractivity contribution >= 4 is 23.2 Å². The Morgan fingerprint density at radius 1 is 1.39 bits per heavy atom. The van der Waals surface area contributed by atoms with Crippen molar-refractivity contribution < 1.29 is 4.79 Å². The number of amides is 1. The van der Waals surface area contributed by atoms with Crippen molar-refractivity contribution in [2.45, 2.75) is 32.1 Å². The summed E-state index contributed by atoms with van der Waals surface area (Å²) < 4.78 is 0. The molecular weight excluding hydrogens is 248 g/mol. The van der Waals surface area contributed by atoms with Crippen LogP contribution in [0.25, 0.3) is 0 Å². The van der Waals surface area contributed by atoms with Gasteiger partial charge < -0.3 is 11.1 Å². The monoisotopic (exact) mass is 266 g/mol. The smallest absolute Gasteiger partial charge is 0.254 e. The van der Waals surface area contributed by atoms with E-state index in [9.17, 15) is 4.79 Å². The number of anilines is 1. The van der Waals surface area contributed by atoms with Crippen LogP contribution in [0.2, 0.25) is 5.02 Å². The molecule has 1 amide bonds. The second-order valence-corrected chi connectivity index (χ2v) is 5.31. The lowest BCUT2D eigenvalue weighted by molar-refractivity contribution is 0.0952. The van der Waals surface area contributed by atoms with E-state index in [-0.39, 0.29) is 5.91 Å². The molecule has 1 aromatic rings. The molecule has 0 aromatic heterocycles. The molecule has 0 saturated heterocycles. The minimum Gasteiger partial charge on any atom is -0.398 e. The molecule has 1 saturated carbocycles. The molecule has 18 heavy (non-hydrogen) atoms. The Labute approximate surface area is 113 Å². The quantitative estimate of drug-likeness (QED) is 0.822. The number of halogens is 1. The van der Waals surface area contributed by atoms with Gasteiger partial charge in [0.2, 0.25) is 0 Å². The van der Waals surface area contributed by atoms with Crippen molar-refractivity contribution in [1.29, 1.82) is 0 Å². The first-order valence-electron chi connectivity index (χ1n) is 6.50. The molecule has 98 valence electrons. The number of carbonyl (C=O) groups is 1. The van der Waals surface area contributed by atoms with Crippen molar-refractivity contribution in [3.63, 3.8) is 0 Å². The van der Waals surface area contributed by atoms with Gasteiger partial charge >= 0.3 is 0 Å². The first-order chi connectivity index (χ1) is 8.68. The maximum atomic E-state index is 12.0. The van der Waals surface area contributed by atoms with Crippen molar-refractivity contribution in [1.82, 2.24) is 5.32 Å². The van der Waals surface area contributed by atoms with E-state index in [1.807, 2.05) is 0 Å². The fourth-order valence-electron chi connectivity index (χ4n) is 2.56. The van der Waals surface area contributed by atoms with Crippen LogP contribution in [0.1, 0.15) is 42.5 Å². The Hall–Kier alpha value is -1.22. The first kappa shape index (κ1) is 13.2. The number of rotatable bonds is 4. The third-order valence-electron chi connectivity index (χ3n) is 3.59. The molecular formula is C14H19ClN2O. The number of nitrogen functional groups attached to an aromatic ring is 1. The molecule has 1 aromatic carbocycles. The van der Waals surface area contributed by atoms with Gasteiger partial charge in [-0.3, -0.25) is 4.79 Å². The van der Waals surface area contributed by atoms with Gasteiger partial charge in [0, 0.05) is 12.2 Å². The van der Waals surface area contributed by atoms with Gasteiger partial charge in [0.15, 0.2) is 0 Å². The minimum atomic E-state index is -0.170. The Bertz CT molecular complexity index is 408. The summed E-state index contributed by atoms with van der Waals surface area (Å²) >= 11 is 5.99. The molecule has 0 heterocycles. The average Bonchev–Trinajstić information content (AvgIpc) is 2.82. The van der Waals surface area contributed by atoms with Gasteiger partial charge in [0.05, 0.1) is 10.6 Å². The Kier molecular flexibility index (Phi) is 4.48. The highest BCUT2D eigenvalue weighted by atomic mass is 35.5. The molecule has 0 atom stereocenters. The van der Waals surface area contributed by atoms with Crippen LogP contribution in [0, 0.1) is 5.92 Å². The standard InChI is InChI=1S/C14H19ClN2O/c15-11-6-3-7-12(16)13(11)14(18)17-9-8-10-4-1-2-5-10/h3,6-7,10H,1-2,4-5,8-9,16H2,(H,17,18). The number of nitrogens with two attached hydrogens (primary N) is 1. The molecule has 0 unspecified atom stereocenters. The van der Waals surface area contributed by atoms with Crippen molar-refractivity contribution in [3.05, 3.63) is 28.8 Å². The van der Waals surface area contributed by atoms with Gasteiger partial charge in [-0.05, 0) is 24.5 Å². The predicted octanol–water partition coefficient (Wildman–Crippen LogP) is 3.23. The molecule has 3 nitrogen and oxygen atoms in total. The molecule has 1 aliphatic rings. The average molecular weight is 267 g/mol. The molecule has 0 aliphatic heterocycles. The van der Waals surface area contributed by atoms with Crippen LogP contribution < -0.4 is 11.1 Å². The first-order valence-corrected chi connectivity index (χ1v) is 6.88. The highest BCUT2D eigenvalue weighted by Gasteiger charge is 2.16. The highest BCUT2D eigenvalue weighted by molar-refractivity contribution is 6.34. The molecule has 0 spiro atoms. The van der Waals surface area contributed by atoms with Gasteiger partial charge in [-0.1, -0.05) is 43.4 Å². The maximum absolute atomic E-state index is 12.0. The zero-order valence-corrected chi connectivity index (χ0v) is 11.2. The number of nitrogens with one attached hydrogen (secondary N) is 1. The number of hydrogen-bond donors (Lipinski definition) is 2. The van der Waals surface area contributed by atoms with Crippen LogP contribution in [0.4, 0.5) is 5.69 Å². The van der Waals surface area contributed by atoms with Crippen LogP contribution in [0.15, 0.2) is 18.2 Å². The SMILES string of the molecule is Nc1cccc(Cl)c1C(=O)NCCC1CCCC1. The van der Waals surface area contributed by atoms with E-state index in [1.165, 1.54) is 25.7 Å². The maximum Gasteiger partial charge on any atom is 0.254 e. The van der Waals surface area contributed by atoms with Gasteiger partial charge in [0.1, 0.15) is 0 Å². The van der Waals surface area contributed by atoms with Crippen LogP contribution in [-0.4, -0.2) is 12.5 Å². The second-order valence-electron chi connectivity index (χ2n) is 4.90. The van der Waals surface area contributed by atoms with Crippen molar-refractivity contribution in [2.75, 3.05) is 12.3 Å². The van der Waals surface area contributed by atoms with E-state index in [1.54, 1.807) is 18.2 Å². The van der Waals surface area contributed by atoms with Crippen LogP contribution in [-0.2, 0) is 0 Å². The van der Waals surface area contributed by atoms with E-state index >= 15 is 0 Å². The molecule has 4 heteroatoms. The fourth-order valence-corrected chi connectivity index (χ4v) is 2.83. The summed E-state index contributed by atoms with van der Waals surface area (Å²) in [5, 5.41) is 3.31. The third-order valence-corrected chi connectivity index (χ3v) is 3.90. The van der Waals surface area contributed by atoms with E-state index in [2.05, 4.69) is 5.32 Å². The lowest BCUT2D eigenvalue weighted by atomic mass is 10.0. The van der Waals surface area contributed by atoms with E-state index in [4.69, 9.17) is 17.3 Å². The zero-order chi connectivity index (χ0) is 13.0. The van der Waals surface area contributed by atoms with E-state index in [0.717, 1.165) is 12.3 Å². The molecule has 2 rings (SSSR count). The van der Waals surface area contributed by atoms with Gasteiger partial charge in [-0.2, -0.15) is 0 Å². The predicted molar refractivity (Wildman–Crippen MR) is 74.8 cm³/mol. The summed E-state index contributed by atoms with van der Waals surface area (Å²) in [5.74, 6) is 0.602. The Morgan fingerprint density at radius 3 is 2.78 bits per heavy atom. The third kappa shape index (κ3) is 3.16. The van der Waals surface area contributed by atoms with Gasteiger partial charge in [-0.25, -0.2) is 0 Å². The van der Waals surface area contributed by atoms with Crippen LogP contribution >= 0.6 is 11.6 Å². The van der Waals surface area contributed by atoms with E-state index < -0.39 is 0 Å². The second kappa shape index (κ2) is 6.10. The lowest BCUT2D eigenvalue weighted by Crippen LogP contribution is -2.26. The summed E-state index contributed by atoms with van der Waals surface area (Å²) in [7, 11) is 0. The van der Waals surface area contributed by atoms with Gasteiger partial charge in [0.25, 0.3) is 5.91 Å². The topological polar surface area (TPSA) is 55.1 Å². The molecule has 0 bridgehead atoms. The fraction of sp³-hybridized carbons (Fsp3) is 0.500. The van der Waals surface area contributed by atoms with Crippen LogP contribution in [0.5, 0.6) is 0 Å². The van der Waals surface area contributed by atoms with E-state index in [0.29, 0.717) is 22.8 Å². The molecule has 1 fully saturated rings. The number of benzene rings is 1. The van der Waals surface area contributed by atoms with Crippen LogP contribution in [0.3, 0.4) is 0 Å². The van der Waals surface area contributed by atoms with Crippen molar-refractivity contribution in [3.8, 4) is 0 Å². The zero-order valence-electron chi connectivity index (χ0n) is 10.4. The normalized spacial score (nSPS) is 15.8. The lowest BCUT2D eigenvalue weighted by Gasteiger charge is -2.11. The largest absolute Gasteiger partial charge is 0.398 e. The molecule has 1 aliphatic carbocycles. The number of hydrogen-bond acceptors (Lipinski definition) is 2.